The summed E-state index contributed by atoms with van der Waals surface area (Å²) in [5.74, 6) is 4.04. The molecule has 0 bridgehead atoms. The van der Waals surface area contributed by atoms with Gasteiger partial charge in [-0.3, -0.25) is 9.69 Å². The third kappa shape index (κ3) is 2.88. The second kappa shape index (κ2) is 5.81. The molecule has 0 unspecified atom stereocenters. The second-order valence-corrected chi connectivity index (χ2v) is 6.33. The zero-order chi connectivity index (χ0) is 15.8. The van der Waals surface area contributed by atoms with Gasteiger partial charge in [-0.2, -0.15) is 0 Å². The van der Waals surface area contributed by atoms with Gasteiger partial charge in [0.05, 0.1) is 19.6 Å². The summed E-state index contributed by atoms with van der Waals surface area (Å²) in [6, 6.07) is 4.02. The molecule has 0 aliphatic carbocycles. The maximum Gasteiger partial charge on any atom is 0.223 e. The zero-order valence-electron chi connectivity index (χ0n) is 13.4. The first-order valence-corrected chi connectivity index (χ1v) is 8.15. The molecule has 2 aromatic rings. The molecule has 0 N–H and O–H groups in total. The predicted molar refractivity (Wildman–Crippen MR) is 82.2 cm³/mol. The number of carbonyl (C=O) groups is 1. The number of amides is 1. The van der Waals surface area contributed by atoms with Gasteiger partial charge in [-0.05, 0) is 25.5 Å². The minimum Gasteiger partial charge on any atom is -0.465 e. The van der Waals surface area contributed by atoms with Gasteiger partial charge in [0, 0.05) is 26.1 Å². The molecule has 2 aliphatic rings. The van der Waals surface area contributed by atoms with Crippen LogP contribution < -0.4 is 0 Å². The van der Waals surface area contributed by atoms with E-state index in [0.717, 1.165) is 62.3 Å². The van der Waals surface area contributed by atoms with Crippen LogP contribution in [-0.4, -0.2) is 43.6 Å². The summed E-state index contributed by atoms with van der Waals surface area (Å²) < 4.78 is 7.81. The first-order valence-electron chi connectivity index (χ1n) is 8.15. The summed E-state index contributed by atoms with van der Waals surface area (Å²) in [5, 5.41) is 8.63. The summed E-state index contributed by atoms with van der Waals surface area (Å²) in [7, 11) is 0. The van der Waals surface area contributed by atoms with Crippen molar-refractivity contribution in [1.29, 1.82) is 0 Å². The molecule has 1 saturated heterocycles. The highest BCUT2D eigenvalue weighted by Gasteiger charge is 2.26. The number of nitrogens with zero attached hydrogens (tertiary/aromatic N) is 5. The molecule has 0 atom stereocenters. The summed E-state index contributed by atoms with van der Waals surface area (Å²) in [5.41, 5.74) is 0. The van der Waals surface area contributed by atoms with Crippen LogP contribution >= 0.6 is 0 Å². The van der Waals surface area contributed by atoms with E-state index in [9.17, 15) is 4.79 Å². The van der Waals surface area contributed by atoms with Crippen molar-refractivity contribution < 1.29 is 9.21 Å². The van der Waals surface area contributed by atoms with E-state index in [4.69, 9.17) is 4.42 Å². The number of furan rings is 1. The Balaban J connectivity index is 1.43. The number of fused-ring (bicyclic) bond motifs is 1. The van der Waals surface area contributed by atoms with Crippen LogP contribution in [0, 0.1) is 6.92 Å². The van der Waals surface area contributed by atoms with Gasteiger partial charge in [0.1, 0.15) is 17.3 Å². The number of aromatic nitrogens is 3. The van der Waals surface area contributed by atoms with Crippen LogP contribution in [0.5, 0.6) is 0 Å². The maximum atomic E-state index is 11.8. The van der Waals surface area contributed by atoms with Gasteiger partial charge in [-0.25, -0.2) is 0 Å². The summed E-state index contributed by atoms with van der Waals surface area (Å²) >= 11 is 0. The molecule has 2 aromatic heterocycles. The SMILES string of the molecule is Cc1ccc(CN2CCn3c(nnc3CN3CCCC3=O)C2)o1. The van der Waals surface area contributed by atoms with E-state index in [1.54, 1.807) is 0 Å². The molecule has 0 saturated carbocycles. The molecule has 7 heteroatoms. The molecule has 122 valence electrons. The number of hydrogen-bond acceptors (Lipinski definition) is 5. The van der Waals surface area contributed by atoms with E-state index in [1.165, 1.54) is 0 Å². The van der Waals surface area contributed by atoms with E-state index in [0.29, 0.717) is 13.0 Å². The van der Waals surface area contributed by atoms with Crippen molar-refractivity contribution in [1.82, 2.24) is 24.6 Å². The lowest BCUT2D eigenvalue weighted by molar-refractivity contribution is -0.128. The van der Waals surface area contributed by atoms with E-state index in [1.807, 2.05) is 24.0 Å². The largest absolute Gasteiger partial charge is 0.465 e. The van der Waals surface area contributed by atoms with Gasteiger partial charge >= 0.3 is 0 Å². The van der Waals surface area contributed by atoms with Gasteiger partial charge in [-0.15, -0.1) is 10.2 Å². The summed E-state index contributed by atoms with van der Waals surface area (Å²) in [4.78, 5) is 16.0. The third-order valence-corrected chi connectivity index (χ3v) is 4.59. The van der Waals surface area contributed by atoms with Crippen molar-refractivity contribution in [3.05, 3.63) is 35.3 Å². The zero-order valence-corrected chi connectivity index (χ0v) is 13.4. The predicted octanol–water partition coefficient (Wildman–Crippen LogP) is 1.32. The molecule has 1 amide bonds. The molecule has 0 spiro atoms. The summed E-state index contributed by atoms with van der Waals surface area (Å²) in [6.45, 7) is 6.74. The molecule has 0 aromatic carbocycles. The van der Waals surface area contributed by atoms with Gasteiger partial charge in [0.25, 0.3) is 0 Å². The Morgan fingerprint density at radius 2 is 2.09 bits per heavy atom. The number of hydrogen-bond donors (Lipinski definition) is 0. The molecule has 2 aliphatic heterocycles. The number of carbonyl (C=O) groups excluding carboxylic acids is 1. The van der Waals surface area contributed by atoms with E-state index in [-0.39, 0.29) is 5.91 Å². The number of rotatable bonds is 4. The fourth-order valence-corrected chi connectivity index (χ4v) is 3.35. The standard InChI is InChI=1S/C16H21N5O2/c1-12-4-5-13(23-12)9-19-7-8-21-14(10-19)17-18-15(21)11-20-6-2-3-16(20)22/h4-5H,2-3,6-11H2,1H3. The first kappa shape index (κ1) is 14.4. The Bertz CT molecular complexity index is 720. The van der Waals surface area contributed by atoms with Gasteiger partial charge in [0.15, 0.2) is 5.82 Å². The molecule has 4 heterocycles. The van der Waals surface area contributed by atoms with Crippen LogP contribution in [0.1, 0.15) is 36.0 Å². The fourth-order valence-electron chi connectivity index (χ4n) is 3.35. The van der Waals surface area contributed by atoms with Crippen molar-refractivity contribution in [2.24, 2.45) is 0 Å². The van der Waals surface area contributed by atoms with Crippen molar-refractivity contribution in [2.45, 2.75) is 45.9 Å². The quantitative estimate of drug-likeness (QED) is 0.851. The third-order valence-electron chi connectivity index (χ3n) is 4.59. The van der Waals surface area contributed by atoms with E-state index < -0.39 is 0 Å². The average molecular weight is 315 g/mol. The average Bonchev–Trinajstić information content (AvgIpc) is 3.23. The van der Waals surface area contributed by atoms with Gasteiger partial charge in [0.2, 0.25) is 5.91 Å². The minimum absolute atomic E-state index is 0.230. The molecule has 0 radical (unpaired) electrons. The van der Waals surface area contributed by atoms with Crippen molar-refractivity contribution in [3.63, 3.8) is 0 Å². The van der Waals surface area contributed by atoms with Crippen molar-refractivity contribution in [3.8, 4) is 0 Å². The van der Waals surface area contributed by atoms with E-state index in [2.05, 4.69) is 19.7 Å². The molecule has 23 heavy (non-hydrogen) atoms. The lowest BCUT2D eigenvalue weighted by Crippen LogP contribution is -2.35. The fraction of sp³-hybridized carbons (Fsp3) is 0.562. The van der Waals surface area contributed by atoms with Crippen LogP contribution in [0.3, 0.4) is 0 Å². The van der Waals surface area contributed by atoms with Crippen molar-refractivity contribution in [2.75, 3.05) is 13.1 Å². The van der Waals surface area contributed by atoms with Crippen LogP contribution in [0.4, 0.5) is 0 Å². The molecular formula is C16H21N5O2. The summed E-state index contributed by atoms with van der Waals surface area (Å²) in [6.07, 6.45) is 1.62. The molecule has 1 fully saturated rings. The topological polar surface area (TPSA) is 67.4 Å². The van der Waals surface area contributed by atoms with Gasteiger partial charge in [-0.1, -0.05) is 0 Å². The van der Waals surface area contributed by atoms with E-state index >= 15 is 0 Å². The smallest absolute Gasteiger partial charge is 0.223 e. The first-order chi connectivity index (χ1) is 11.2. The second-order valence-electron chi connectivity index (χ2n) is 6.33. The van der Waals surface area contributed by atoms with Crippen LogP contribution in [0.25, 0.3) is 0 Å². The lowest BCUT2D eigenvalue weighted by atomic mass is 10.3. The maximum absolute atomic E-state index is 11.8. The highest BCUT2D eigenvalue weighted by atomic mass is 16.3. The highest BCUT2D eigenvalue weighted by Crippen LogP contribution is 2.19. The Hall–Kier alpha value is -2.15. The van der Waals surface area contributed by atoms with Crippen LogP contribution in [-0.2, 0) is 31.0 Å². The molecule has 7 nitrogen and oxygen atoms in total. The number of likely N-dealkylation sites (tertiary alicyclic amines) is 1. The monoisotopic (exact) mass is 315 g/mol. The Labute approximate surface area is 134 Å². The number of aryl methyl sites for hydroxylation is 1. The minimum atomic E-state index is 0.230. The van der Waals surface area contributed by atoms with Crippen LogP contribution in [0.15, 0.2) is 16.5 Å². The Morgan fingerprint density at radius 3 is 2.83 bits per heavy atom. The molecular weight excluding hydrogens is 294 g/mol. The Morgan fingerprint density at radius 1 is 1.17 bits per heavy atom. The molecule has 4 rings (SSSR count). The Kier molecular flexibility index (Phi) is 3.65. The van der Waals surface area contributed by atoms with Crippen molar-refractivity contribution >= 4 is 5.91 Å². The normalized spacial score (nSPS) is 18.7. The highest BCUT2D eigenvalue weighted by molar-refractivity contribution is 5.77. The van der Waals surface area contributed by atoms with Gasteiger partial charge < -0.3 is 13.9 Å². The lowest BCUT2D eigenvalue weighted by Gasteiger charge is -2.27. The van der Waals surface area contributed by atoms with Crippen LogP contribution in [0.2, 0.25) is 0 Å².